The summed E-state index contributed by atoms with van der Waals surface area (Å²) in [5, 5.41) is 16.6. The number of hydrogen-bond donors (Lipinski definition) is 2. The number of rotatable bonds is 3. The van der Waals surface area contributed by atoms with Gasteiger partial charge in [-0.3, -0.25) is 20.2 Å². The SMILES string of the molecule is Cc1c(NC(=O)C2CSCN2)cccc1[N+](=O)[O-]. The van der Waals surface area contributed by atoms with E-state index in [1.165, 1.54) is 6.07 Å². The number of nitrogens with zero attached hydrogens (tertiary/aromatic N) is 1. The Morgan fingerprint density at radius 1 is 1.61 bits per heavy atom. The summed E-state index contributed by atoms with van der Waals surface area (Å²) < 4.78 is 0. The molecule has 1 aromatic rings. The third kappa shape index (κ3) is 2.62. The van der Waals surface area contributed by atoms with Crippen molar-refractivity contribution in [2.45, 2.75) is 13.0 Å². The van der Waals surface area contributed by atoms with Gasteiger partial charge >= 0.3 is 0 Å². The van der Waals surface area contributed by atoms with Crippen LogP contribution in [0, 0.1) is 17.0 Å². The van der Waals surface area contributed by atoms with E-state index in [0.29, 0.717) is 11.3 Å². The molecule has 1 fully saturated rings. The molecule has 7 heteroatoms. The van der Waals surface area contributed by atoms with Crippen molar-refractivity contribution < 1.29 is 9.72 Å². The topological polar surface area (TPSA) is 84.3 Å². The highest BCUT2D eigenvalue weighted by Gasteiger charge is 2.23. The number of amides is 1. The fraction of sp³-hybridized carbons (Fsp3) is 0.364. The molecule has 2 N–H and O–H groups in total. The van der Waals surface area contributed by atoms with Crippen LogP contribution in [-0.2, 0) is 4.79 Å². The second-order valence-corrected chi connectivity index (χ2v) is 5.00. The molecular weight excluding hydrogens is 254 g/mol. The Balaban J connectivity index is 2.16. The summed E-state index contributed by atoms with van der Waals surface area (Å²) in [6, 6.07) is 4.43. The van der Waals surface area contributed by atoms with Crippen LogP contribution in [0.3, 0.4) is 0 Å². The molecule has 96 valence electrons. The van der Waals surface area contributed by atoms with Crippen molar-refractivity contribution in [2.24, 2.45) is 0 Å². The zero-order valence-electron chi connectivity index (χ0n) is 9.80. The van der Waals surface area contributed by atoms with E-state index >= 15 is 0 Å². The summed E-state index contributed by atoms with van der Waals surface area (Å²) in [4.78, 5) is 22.2. The van der Waals surface area contributed by atoms with Crippen molar-refractivity contribution in [3.05, 3.63) is 33.9 Å². The van der Waals surface area contributed by atoms with Gasteiger partial charge in [0, 0.05) is 17.7 Å². The second-order valence-electron chi connectivity index (χ2n) is 3.97. The minimum absolute atomic E-state index is 0.0153. The average molecular weight is 267 g/mol. The number of carbonyl (C=O) groups excluding carboxylic acids is 1. The Bertz CT molecular complexity index is 486. The molecule has 6 nitrogen and oxygen atoms in total. The molecular formula is C11H13N3O3S. The molecule has 1 heterocycles. The molecule has 1 saturated heterocycles. The summed E-state index contributed by atoms with van der Waals surface area (Å²) in [6.07, 6.45) is 0. The van der Waals surface area contributed by atoms with Crippen molar-refractivity contribution in [3.8, 4) is 0 Å². The van der Waals surface area contributed by atoms with E-state index in [4.69, 9.17) is 0 Å². The minimum atomic E-state index is -0.450. The maximum atomic E-state index is 11.9. The number of hydrogen-bond acceptors (Lipinski definition) is 5. The zero-order valence-corrected chi connectivity index (χ0v) is 10.6. The quantitative estimate of drug-likeness (QED) is 0.640. The molecule has 0 aliphatic carbocycles. The van der Waals surface area contributed by atoms with Crippen LogP contribution in [0.5, 0.6) is 0 Å². The third-order valence-corrected chi connectivity index (χ3v) is 3.73. The lowest BCUT2D eigenvalue weighted by atomic mass is 10.1. The maximum absolute atomic E-state index is 11.9. The summed E-state index contributed by atoms with van der Waals surface area (Å²) in [5.74, 6) is 1.33. The minimum Gasteiger partial charge on any atom is -0.324 e. The van der Waals surface area contributed by atoms with Gasteiger partial charge in [0.15, 0.2) is 0 Å². The molecule has 0 bridgehead atoms. The van der Waals surface area contributed by atoms with E-state index < -0.39 is 4.92 Å². The van der Waals surface area contributed by atoms with E-state index in [-0.39, 0.29) is 17.6 Å². The van der Waals surface area contributed by atoms with Crippen LogP contribution in [0.1, 0.15) is 5.56 Å². The Morgan fingerprint density at radius 2 is 2.39 bits per heavy atom. The van der Waals surface area contributed by atoms with Crippen LogP contribution in [-0.4, -0.2) is 28.5 Å². The van der Waals surface area contributed by atoms with E-state index in [2.05, 4.69) is 10.6 Å². The van der Waals surface area contributed by atoms with E-state index in [1.807, 2.05) is 0 Å². The van der Waals surface area contributed by atoms with Gasteiger partial charge in [0.25, 0.3) is 5.69 Å². The molecule has 1 unspecified atom stereocenters. The smallest absolute Gasteiger partial charge is 0.274 e. The second kappa shape index (κ2) is 5.36. The molecule has 0 aromatic heterocycles. The molecule has 1 amide bonds. The Labute approximate surface area is 108 Å². The number of nitro benzene ring substituents is 1. The van der Waals surface area contributed by atoms with Crippen LogP contribution in [0.2, 0.25) is 0 Å². The third-order valence-electron chi connectivity index (χ3n) is 2.79. The Morgan fingerprint density at radius 3 is 3.00 bits per heavy atom. The first-order valence-electron chi connectivity index (χ1n) is 5.45. The standard InChI is InChI=1S/C11H13N3O3S/c1-7-8(3-2-4-10(7)14(16)17)13-11(15)9-5-18-6-12-9/h2-4,9,12H,5-6H2,1H3,(H,13,15). The van der Waals surface area contributed by atoms with Gasteiger partial charge in [-0.1, -0.05) is 6.07 Å². The lowest BCUT2D eigenvalue weighted by Gasteiger charge is -2.12. The van der Waals surface area contributed by atoms with Crippen molar-refractivity contribution >= 4 is 29.0 Å². The summed E-state index contributed by atoms with van der Waals surface area (Å²) >= 11 is 1.65. The van der Waals surface area contributed by atoms with Gasteiger partial charge in [-0.15, -0.1) is 11.8 Å². The highest BCUT2D eigenvalue weighted by molar-refractivity contribution is 7.99. The first kappa shape index (κ1) is 12.8. The number of benzene rings is 1. The first-order valence-corrected chi connectivity index (χ1v) is 6.61. The van der Waals surface area contributed by atoms with Gasteiger partial charge in [0.05, 0.1) is 22.2 Å². The fourth-order valence-electron chi connectivity index (χ4n) is 1.74. The monoisotopic (exact) mass is 267 g/mol. The highest BCUT2D eigenvalue weighted by atomic mass is 32.2. The molecule has 18 heavy (non-hydrogen) atoms. The number of anilines is 1. The van der Waals surface area contributed by atoms with Crippen LogP contribution in [0.4, 0.5) is 11.4 Å². The summed E-state index contributed by atoms with van der Waals surface area (Å²) in [7, 11) is 0. The Kier molecular flexibility index (Phi) is 3.83. The average Bonchev–Trinajstić information content (AvgIpc) is 2.85. The maximum Gasteiger partial charge on any atom is 0.274 e. The number of nitrogens with one attached hydrogen (secondary N) is 2. The van der Waals surface area contributed by atoms with E-state index in [1.54, 1.807) is 30.8 Å². The van der Waals surface area contributed by atoms with Gasteiger partial charge in [0.2, 0.25) is 5.91 Å². The van der Waals surface area contributed by atoms with Gasteiger partial charge in [0.1, 0.15) is 0 Å². The highest BCUT2D eigenvalue weighted by Crippen LogP contribution is 2.25. The van der Waals surface area contributed by atoms with Gasteiger partial charge in [-0.2, -0.15) is 0 Å². The van der Waals surface area contributed by atoms with Gasteiger partial charge < -0.3 is 5.32 Å². The number of carbonyl (C=O) groups is 1. The van der Waals surface area contributed by atoms with Crippen molar-refractivity contribution in [3.63, 3.8) is 0 Å². The Hall–Kier alpha value is -1.60. The molecule has 1 aromatic carbocycles. The van der Waals surface area contributed by atoms with Crippen LogP contribution in [0.15, 0.2) is 18.2 Å². The van der Waals surface area contributed by atoms with E-state index in [9.17, 15) is 14.9 Å². The van der Waals surface area contributed by atoms with Crippen molar-refractivity contribution in [1.82, 2.24) is 5.32 Å². The number of thioether (sulfide) groups is 1. The normalized spacial score (nSPS) is 18.6. The molecule has 1 atom stereocenters. The van der Waals surface area contributed by atoms with E-state index in [0.717, 1.165) is 11.6 Å². The van der Waals surface area contributed by atoms with Crippen molar-refractivity contribution in [1.29, 1.82) is 0 Å². The first-order chi connectivity index (χ1) is 8.59. The molecule has 2 rings (SSSR count). The van der Waals surface area contributed by atoms with Crippen LogP contribution in [0.25, 0.3) is 0 Å². The van der Waals surface area contributed by atoms with Crippen LogP contribution < -0.4 is 10.6 Å². The molecule has 0 saturated carbocycles. The summed E-state index contributed by atoms with van der Waals surface area (Å²) in [6.45, 7) is 1.63. The lowest BCUT2D eigenvalue weighted by Crippen LogP contribution is -2.37. The van der Waals surface area contributed by atoms with Gasteiger partial charge in [-0.05, 0) is 13.0 Å². The van der Waals surface area contributed by atoms with Crippen molar-refractivity contribution in [2.75, 3.05) is 16.9 Å². The van der Waals surface area contributed by atoms with Crippen LogP contribution >= 0.6 is 11.8 Å². The predicted molar refractivity (Wildman–Crippen MR) is 70.7 cm³/mol. The number of nitro groups is 1. The predicted octanol–water partition coefficient (Wildman–Crippen LogP) is 1.50. The largest absolute Gasteiger partial charge is 0.324 e. The fourth-order valence-corrected chi connectivity index (χ4v) is 2.68. The lowest BCUT2D eigenvalue weighted by molar-refractivity contribution is -0.385. The zero-order chi connectivity index (χ0) is 13.1. The molecule has 0 radical (unpaired) electrons. The molecule has 1 aliphatic heterocycles. The van der Waals surface area contributed by atoms with Gasteiger partial charge in [-0.25, -0.2) is 0 Å². The molecule has 0 spiro atoms. The molecule has 1 aliphatic rings. The summed E-state index contributed by atoms with van der Waals surface area (Å²) in [5.41, 5.74) is 0.982.